The molecule has 1 saturated carbocycles. The van der Waals surface area contributed by atoms with E-state index in [-0.39, 0.29) is 6.03 Å². The number of anilines is 1. The number of nitrogens with zero attached hydrogens (tertiary/aromatic N) is 1. The van der Waals surface area contributed by atoms with Crippen LogP contribution in [0.15, 0.2) is 24.3 Å². The molecule has 20 heavy (non-hydrogen) atoms. The molecule has 2 rings (SSSR count). The molecule has 1 aliphatic carbocycles. The van der Waals surface area contributed by atoms with Crippen molar-refractivity contribution in [3.8, 4) is 0 Å². The molecule has 0 radical (unpaired) electrons. The largest absolute Gasteiger partial charge is 0.326 e. The topological polar surface area (TPSA) is 58.4 Å². The van der Waals surface area contributed by atoms with Crippen LogP contribution in [0.5, 0.6) is 0 Å². The van der Waals surface area contributed by atoms with Gasteiger partial charge in [-0.1, -0.05) is 19.1 Å². The number of urea groups is 1. The predicted octanol–water partition coefficient (Wildman–Crippen LogP) is 3.19. The molecule has 4 nitrogen and oxygen atoms in total. The summed E-state index contributed by atoms with van der Waals surface area (Å²) in [6.45, 7) is 2.81. The number of rotatable bonds is 3. The highest BCUT2D eigenvalue weighted by molar-refractivity contribution is 5.89. The van der Waals surface area contributed by atoms with Crippen LogP contribution >= 0.6 is 0 Å². The standard InChI is InChI=1S/C16H25N3O/c1-12-3-9-15(10-4-12)19(2)16(20)18-14-7-5-13(11-17)6-8-14/h5-8,12,15H,3-4,9-11,17H2,1-2H3,(H,18,20). The van der Waals surface area contributed by atoms with E-state index >= 15 is 0 Å². The molecule has 3 N–H and O–H groups in total. The first kappa shape index (κ1) is 14.9. The van der Waals surface area contributed by atoms with Gasteiger partial charge in [0, 0.05) is 25.3 Å². The number of carbonyl (C=O) groups is 1. The van der Waals surface area contributed by atoms with Gasteiger partial charge in [-0.25, -0.2) is 4.79 Å². The Kier molecular flexibility index (Phi) is 5.01. The van der Waals surface area contributed by atoms with Crippen LogP contribution in [0.2, 0.25) is 0 Å². The van der Waals surface area contributed by atoms with E-state index in [4.69, 9.17) is 5.73 Å². The van der Waals surface area contributed by atoms with Gasteiger partial charge in [0.15, 0.2) is 0 Å². The molecule has 0 spiro atoms. The van der Waals surface area contributed by atoms with Crippen molar-refractivity contribution in [1.82, 2.24) is 4.90 Å². The van der Waals surface area contributed by atoms with Crippen molar-refractivity contribution >= 4 is 11.7 Å². The Morgan fingerprint density at radius 2 is 1.85 bits per heavy atom. The molecule has 1 fully saturated rings. The van der Waals surface area contributed by atoms with Crippen LogP contribution in [0.1, 0.15) is 38.2 Å². The van der Waals surface area contributed by atoms with Crippen LogP contribution in [-0.4, -0.2) is 24.0 Å². The van der Waals surface area contributed by atoms with Gasteiger partial charge in [-0.15, -0.1) is 0 Å². The predicted molar refractivity (Wildman–Crippen MR) is 82.5 cm³/mol. The highest BCUT2D eigenvalue weighted by Crippen LogP contribution is 2.26. The van der Waals surface area contributed by atoms with E-state index in [1.54, 1.807) is 0 Å². The van der Waals surface area contributed by atoms with Crippen molar-refractivity contribution in [1.29, 1.82) is 0 Å². The summed E-state index contributed by atoms with van der Waals surface area (Å²) in [5, 5.41) is 2.95. The lowest BCUT2D eigenvalue weighted by atomic mass is 9.87. The summed E-state index contributed by atoms with van der Waals surface area (Å²) in [4.78, 5) is 14.1. The molecular formula is C16H25N3O. The molecule has 0 atom stereocenters. The highest BCUT2D eigenvalue weighted by atomic mass is 16.2. The molecule has 1 aliphatic rings. The normalized spacial score (nSPS) is 22.4. The van der Waals surface area contributed by atoms with E-state index in [1.807, 2.05) is 36.2 Å². The zero-order valence-corrected chi connectivity index (χ0v) is 12.4. The van der Waals surface area contributed by atoms with Gasteiger partial charge in [0.2, 0.25) is 0 Å². The molecule has 0 aliphatic heterocycles. The van der Waals surface area contributed by atoms with Crippen LogP contribution in [0, 0.1) is 5.92 Å². The second-order valence-electron chi connectivity index (χ2n) is 5.86. The minimum atomic E-state index is -0.0231. The third kappa shape index (κ3) is 3.73. The average molecular weight is 275 g/mol. The second-order valence-corrected chi connectivity index (χ2v) is 5.86. The van der Waals surface area contributed by atoms with E-state index < -0.39 is 0 Å². The van der Waals surface area contributed by atoms with Crippen molar-refractivity contribution in [2.24, 2.45) is 11.7 Å². The van der Waals surface area contributed by atoms with E-state index in [2.05, 4.69) is 12.2 Å². The molecule has 2 amide bonds. The number of hydrogen-bond donors (Lipinski definition) is 2. The van der Waals surface area contributed by atoms with Gasteiger partial charge in [0.05, 0.1) is 0 Å². The van der Waals surface area contributed by atoms with Gasteiger partial charge in [-0.2, -0.15) is 0 Å². The van der Waals surface area contributed by atoms with Gasteiger partial charge in [-0.3, -0.25) is 0 Å². The van der Waals surface area contributed by atoms with Crippen LogP contribution in [-0.2, 0) is 6.54 Å². The Morgan fingerprint density at radius 1 is 1.25 bits per heavy atom. The fourth-order valence-electron chi connectivity index (χ4n) is 2.73. The van der Waals surface area contributed by atoms with E-state index in [9.17, 15) is 4.79 Å². The van der Waals surface area contributed by atoms with Crippen molar-refractivity contribution in [2.45, 2.75) is 45.2 Å². The zero-order chi connectivity index (χ0) is 14.5. The maximum absolute atomic E-state index is 12.2. The zero-order valence-electron chi connectivity index (χ0n) is 12.4. The SMILES string of the molecule is CC1CCC(N(C)C(=O)Nc2ccc(CN)cc2)CC1. The molecule has 0 bridgehead atoms. The fraction of sp³-hybridized carbons (Fsp3) is 0.562. The molecule has 0 aromatic heterocycles. The van der Waals surface area contributed by atoms with E-state index in [0.717, 1.165) is 30.0 Å². The monoisotopic (exact) mass is 275 g/mol. The molecule has 0 heterocycles. The first-order valence-corrected chi connectivity index (χ1v) is 7.43. The van der Waals surface area contributed by atoms with Crippen molar-refractivity contribution in [3.05, 3.63) is 29.8 Å². The van der Waals surface area contributed by atoms with Gasteiger partial charge in [0.25, 0.3) is 0 Å². The Bertz CT molecular complexity index is 436. The Labute approximate surface area is 121 Å². The summed E-state index contributed by atoms with van der Waals surface area (Å²) in [7, 11) is 1.89. The minimum Gasteiger partial charge on any atom is -0.326 e. The van der Waals surface area contributed by atoms with Crippen molar-refractivity contribution in [3.63, 3.8) is 0 Å². The minimum absolute atomic E-state index is 0.0231. The van der Waals surface area contributed by atoms with Gasteiger partial charge < -0.3 is 16.0 Å². The Hall–Kier alpha value is -1.55. The summed E-state index contributed by atoms with van der Waals surface area (Å²) in [6.07, 6.45) is 4.65. The number of nitrogens with two attached hydrogens (primary N) is 1. The second kappa shape index (κ2) is 6.75. The van der Waals surface area contributed by atoms with Gasteiger partial charge in [0.1, 0.15) is 0 Å². The van der Waals surface area contributed by atoms with E-state index in [1.165, 1.54) is 12.8 Å². The first-order valence-electron chi connectivity index (χ1n) is 7.43. The maximum Gasteiger partial charge on any atom is 0.321 e. The number of amides is 2. The number of benzene rings is 1. The molecule has 0 unspecified atom stereocenters. The molecule has 1 aromatic carbocycles. The smallest absolute Gasteiger partial charge is 0.321 e. The summed E-state index contributed by atoms with van der Waals surface area (Å²) in [5.74, 6) is 0.798. The van der Waals surface area contributed by atoms with Gasteiger partial charge >= 0.3 is 6.03 Å². The molecular weight excluding hydrogens is 250 g/mol. The average Bonchev–Trinajstić information content (AvgIpc) is 2.48. The van der Waals surface area contributed by atoms with Crippen LogP contribution in [0.4, 0.5) is 10.5 Å². The lowest BCUT2D eigenvalue weighted by Crippen LogP contribution is -2.41. The summed E-state index contributed by atoms with van der Waals surface area (Å²) in [5.41, 5.74) is 7.45. The molecule has 0 saturated heterocycles. The lowest BCUT2D eigenvalue weighted by molar-refractivity contribution is 0.175. The fourth-order valence-corrected chi connectivity index (χ4v) is 2.73. The summed E-state index contributed by atoms with van der Waals surface area (Å²) < 4.78 is 0. The van der Waals surface area contributed by atoms with Crippen LogP contribution in [0.3, 0.4) is 0 Å². The molecule has 1 aromatic rings. The Balaban J connectivity index is 1.89. The quantitative estimate of drug-likeness (QED) is 0.890. The van der Waals surface area contributed by atoms with E-state index in [0.29, 0.717) is 12.6 Å². The van der Waals surface area contributed by atoms with Crippen LogP contribution in [0.25, 0.3) is 0 Å². The van der Waals surface area contributed by atoms with Gasteiger partial charge in [-0.05, 0) is 49.3 Å². The van der Waals surface area contributed by atoms with Crippen molar-refractivity contribution < 1.29 is 4.79 Å². The third-order valence-corrected chi connectivity index (χ3v) is 4.29. The Morgan fingerprint density at radius 3 is 2.40 bits per heavy atom. The van der Waals surface area contributed by atoms with Crippen molar-refractivity contribution in [2.75, 3.05) is 12.4 Å². The summed E-state index contributed by atoms with van der Waals surface area (Å²) in [6, 6.07) is 8.03. The highest BCUT2D eigenvalue weighted by Gasteiger charge is 2.24. The number of nitrogens with one attached hydrogen (secondary N) is 1. The molecule has 4 heteroatoms. The maximum atomic E-state index is 12.2. The molecule has 110 valence electrons. The van der Waals surface area contributed by atoms with Crippen LogP contribution < -0.4 is 11.1 Å². The third-order valence-electron chi connectivity index (χ3n) is 4.29. The first-order chi connectivity index (χ1) is 9.60. The number of carbonyl (C=O) groups excluding carboxylic acids is 1. The summed E-state index contributed by atoms with van der Waals surface area (Å²) >= 11 is 0. The number of hydrogen-bond acceptors (Lipinski definition) is 2. The lowest BCUT2D eigenvalue weighted by Gasteiger charge is -2.33.